The molecule has 0 aromatic carbocycles. The topological polar surface area (TPSA) is 12.5 Å². The van der Waals surface area contributed by atoms with Crippen LogP contribution in [0.1, 0.15) is 26.2 Å². The van der Waals surface area contributed by atoms with Gasteiger partial charge in [-0.25, -0.2) is 0 Å². The zero-order valence-electron chi connectivity index (χ0n) is 8.47. The van der Waals surface area contributed by atoms with Gasteiger partial charge in [0.2, 0.25) is 0 Å². The van der Waals surface area contributed by atoms with E-state index in [1.54, 1.807) is 0 Å². The van der Waals surface area contributed by atoms with E-state index in [0.29, 0.717) is 6.10 Å². The van der Waals surface area contributed by atoms with E-state index in [0.717, 1.165) is 25.5 Å². The third kappa shape index (κ3) is 4.84. The minimum absolute atomic E-state index is 0.401. The van der Waals surface area contributed by atoms with Gasteiger partial charge < -0.3 is 9.64 Å². The lowest BCUT2D eigenvalue weighted by Crippen LogP contribution is -2.31. The van der Waals surface area contributed by atoms with Crippen molar-refractivity contribution in [1.29, 1.82) is 0 Å². The molecule has 1 aliphatic heterocycles. The second-order valence-corrected chi connectivity index (χ2v) is 4.11. The first-order chi connectivity index (χ1) is 6.33. The van der Waals surface area contributed by atoms with Crippen molar-refractivity contribution in [3.8, 4) is 0 Å². The summed E-state index contributed by atoms with van der Waals surface area (Å²) in [6.45, 7) is 6.53. The van der Waals surface area contributed by atoms with Crippen LogP contribution in [-0.2, 0) is 4.74 Å². The molecule has 0 N–H and O–H groups in total. The van der Waals surface area contributed by atoms with E-state index in [1.807, 2.05) is 0 Å². The molecule has 1 atom stereocenters. The Balaban J connectivity index is 2.15. The number of ether oxygens (including phenoxy) is 1. The van der Waals surface area contributed by atoms with Crippen molar-refractivity contribution in [1.82, 2.24) is 4.90 Å². The lowest BCUT2D eigenvalue weighted by atomic mass is 10.3. The number of rotatable bonds is 4. The van der Waals surface area contributed by atoms with E-state index >= 15 is 0 Å². The summed E-state index contributed by atoms with van der Waals surface area (Å²) in [4.78, 5) is 2.49. The fourth-order valence-electron chi connectivity index (χ4n) is 1.71. The van der Waals surface area contributed by atoms with Crippen LogP contribution >= 0.6 is 11.6 Å². The Labute approximate surface area is 86.2 Å². The van der Waals surface area contributed by atoms with Crippen molar-refractivity contribution in [2.45, 2.75) is 32.3 Å². The highest BCUT2D eigenvalue weighted by Gasteiger charge is 2.13. The molecule has 1 unspecified atom stereocenters. The van der Waals surface area contributed by atoms with E-state index in [4.69, 9.17) is 16.3 Å². The maximum atomic E-state index is 5.64. The first-order valence-corrected chi connectivity index (χ1v) is 5.76. The number of unbranched alkanes of at least 4 members (excludes halogenated alkanes) is 1. The van der Waals surface area contributed by atoms with Crippen LogP contribution in [0.25, 0.3) is 0 Å². The van der Waals surface area contributed by atoms with Gasteiger partial charge in [-0.15, -0.1) is 11.6 Å². The van der Waals surface area contributed by atoms with Gasteiger partial charge in [-0.1, -0.05) is 0 Å². The molecule has 0 spiro atoms. The summed E-state index contributed by atoms with van der Waals surface area (Å²) in [6.07, 6.45) is 3.92. The average Bonchev–Trinajstić information content (AvgIpc) is 2.31. The smallest absolute Gasteiger partial charge is 0.0673 e. The van der Waals surface area contributed by atoms with Crippen LogP contribution in [0.3, 0.4) is 0 Å². The molecule has 1 fully saturated rings. The minimum atomic E-state index is 0.401. The highest BCUT2D eigenvalue weighted by molar-refractivity contribution is 6.17. The zero-order chi connectivity index (χ0) is 9.52. The molecule has 3 heteroatoms. The van der Waals surface area contributed by atoms with Crippen LogP contribution in [0, 0.1) is 0 Å². The molecule has 0 radical (unpaired) electrons. The van der Waals surface area contributed by atoms with Crippen LogP contribution in [0.4, 0.5) is 0 Å². The number of hydrogen-bond donors (Lipinski definition) is 0. The molecule has 0 aromatic heterocycles. The Bertz CT molecular complexity index is 132. The third-order valence-corrected chi connectivity index (χ3v) is 2.66. The molecular formula is C10H20ClNO. The Morgan fingerprint density at radius 3 is 3.08 bits per heavy atom. The maximum Gasteiger partial charge on any atom is 0.0673 e. The monoisotopic (exact) mass is 205 g/mol. The van der Waals surface area contributed by atoms with Gasteiger partial charge in [0.25, 0.3) is 0 Å². The van der Waals surface area contributed by atoms with Gasteiger partial charge in [0.1, 0.15) is 0 Å². The minimum Gasteiger partial charge on any atom is -0.377 e. The van der Waals surface area contributed by atoms with E-state index in [2.05, 4.69) is 11.8 Å². The summed E-state index contributed by atoms with van der Waals surface area (Å²) in [5, 5.41) is 0. The van der Waals surface area contributed by atoms with Crippen molar-refractivity contribution in [2.75, 3.05) is 32.1 Å². The van der Waals surface area contributed by atoms with Gasteiger partial charge in [0, 0.05) is 25.6 Å². The molecule has 0 saturated carbocycles. The summed E-state index contributed by atoms with van der Waals surface area (Å²) in [7, 11) is 0. The lowest BCUT2D eigenvalue weighted by Gasteiger charge is -2.21. The largest absolute Gasteiger partial charge is 0.377 e. The van der Waals surface area contributed by atoms with Crippen LogP contribution in [0.15, 0.2) is 0 Å². The molecule has 0 bridgehead atoms. The molecule has 1 rings (SSSR count). The summed E-state index contributed by atoms with van der Waals surface area (Å²) >= 11 is 5.64. The van der Waals surface area contributed by atoms with Crippen LogP contribution in [-0.4, -0.2) is 43.1 Å². The number of halogens is 1. The second kappa shape index (κ2) is 6.63. The van der Waals surface area contributed by atoms with E-state index < -0.39 is 0 Å². The van der Waals surface area contributed by atoms with E-state index in [9.17, 15) is 0 Å². The first kappa shape index (κ1) is 11.3. The molecule has 0 aliphatic carbocycles. The average molecular weight is 206 g/mol. The van der Waals surface area contributed by atoms with Gasteiger partial charge in [0.15, 0.2) is 0 Å². The summed E-state index contributed by atoms with van der Waals surface area (Å²) in [6, 6.07) is 0. The Hall–Kier alpha value is 0.210. The molecule has 0 aromatic rings. The first-order valence-electron chi connectivity index (χ1n) is 5.23. The van der Waals surface area contributed by atoms with Crippen molar-refractivity contribution in [3.63, 3.8) is 0 Å². The van der Waals surface area contributed by atoms with Crippen molar-refractivity contribution >= 4 is 11.6 Å². The van der Waals surface area contributed by atoms with E-state index in [1.165, 1.54) is 25.9 Å². The van der Waals surface area contributed by atoms with Gasteiger partial charge in [-0.3, -0.25) is 0 Å². The number of hydrogen-bond acceptors (Lipinski definition) is 2. The molecule has 78 valence electrons. The van der Waals surface area contributed by atoms with E-state index in [-0.39, 0.29) is 0 Å². The van der Waals surface area contributed by atoms with Crippen molar-refractivity contribution in [3.05, 3.63) is 0 Å². The van der Waals surface area contributed by atoms with Gasteiger partial charge >= 0.3 is 0 Å². The molecule has 1 aliphatic rings. The Kier molecular flexibility index (Phi) is 5.76. The molecule has 1 saturated heterocycles. The quantitative estimate of drug-likeness (QED) is 0.515. The SMILES string of the molecule is CC1CN(CCCCCl)CCCO1. The van der Waals surface area contributed by atoms with Crippen LogP contribution < -0.4 is 0 Å². The lowest BCUT2D eigenvalue weighted by molar-refractivity contribution is 0.0676. The van der Waals surface area contributed by atoms with Crippen molar-refractivity contribution < 1.29 is 4.74 Å². The molecular weight excluding hydrogens is 186 g/mol. The third-order valence-electron chi connectivity index (χ3n) is 2.39. The highest BCUT2D eigenvalue weighted by atomic mass is 35.5. The van der Waals surface area contributed by atoms with Crippen molar-refractivity contribution in [2.24, 2.45) is 0 Å². The maximum absolute atomic E-state index is 5.64. The second-order valence-electron chi connectivity index (χ2n) is 3.73. The number of alkyl halides is 1. The predicted molar refractivity (Wildman–Crippen MR) is 56.4 cm³/mol. The molecule has 13 heavy (non-hydrogen) atoms. The van der Waals surface area contributed by atoms with Crippen LogP contribution in [0.2, 0.25) is 0 Å². The Morgan fingerprint density at radius 1 is 1.46 bits per heavy atom. The summed E-state index contributed by atoms with van der Waals surface area (Å²) in [5.41, 5.74) is 0. The normalized spacial score (nSPS) is 25.8. The molecule has 0 amide bonds. The van der Waals surface area contributed by atoms with Gasteiger partial charge in [-0.2, -0.15) is 0 Å². The summed E-state index contributed by atoms with van der Waals surface area (Å²) < 4.78 is 5.57. The number of nitrogens with zero attached hydrogens (tertiary/aromatic N) is 1. The standard InChI is InChI=1S/C10H20ClNO/c1-10-9-12(6-3-2-5-11)7-4-8-13-10/h10H,2-9H2,1H3. The van der Waals surface area contributed by atoms with Gasteiger partial charge in [0.05, 0.1) is 6.10 Å². The van der Waals surface area contributed by atoms with Gasteiger partial charge in [-0.05, 0) is 32.7 Å². The zero-order valence-corrected chi connectivity index (χ0v) is 9.22. The fourth-order valence-corrected chi connectivity index (χ4v) is 1.90. The van der Waals surface area contributed by atoms with Crippen LogP contribution in [0.5, 0.6) is 0 Å². The molecule has 2 nitrogen and oxygen atoms in total. The Morgan fingerprint density at radius 2 is 2.31 bits per heavy atom. The summed E-state index contributed by atoms with van der Waals surface area (Å²) in [5.74, 6) is 0.792. The predicted octanol–water partition coefficient (Wildman–Crippen LogP) is 2.12. The fraction of sp³-hybridized carbons (Fsp3) is 1.00. The molecule has 1 heterocycles. The highest BCUT2D eigenvalue weighted by Crippen LogP contribution is 2.06.